The smallest absolute Gasteiger partial charge is 0.193 e. The summed E-state index contributed by atoms with van der Waals surface area (Å²) in [5.41, 5.74) is 7.89. The summed E-state index contributed by atoms with van der Waals surface area (Å²) in [4.78, 5) is 10.1. The van der Waals surface area contributed by atoms with Crippen LogP contribution in [-0.2, 0) is 6.42 Å². The molecular formula is C17H22N4O2S. The Morgan fingerprint density at radius 1 is 1.29 bits per heavy atom. The van der Waals surface area contributed by atoms with Gasteiger partial charge >= 0.3 is 0 Å². The number of nitrogens with one attached hydrogen (secondary N) is 1. The van der Waals surface area contributed by atoms with E-state index in [0.717, 1.165) is 40.7 Å². The number of guanidine groups is 1. The van der Waals surface area contributed by atoms with E-state index >= 15 is 0 Å². The molecule has 0 atom stereocenters. The average Bonchev–Trinajstić information content (AvgIpc) is 2.75. The van der Waals surface area contributed by atoms with Gasteiger partial charge in [0.15, 0.2) is 17.5 Å². The van der Waals surface area contributed by atoms with E-state index in [4.69, 9.17) is 15.2 Å². The quantitative estimate of drug-likeness (QED) is 0.657. The van der Waals surface area contributed by atoms with E-state index in [1.807, 2.05) is 25.1 Å². The highest BCUT2D eigenvalue weighted by atomic mass is 32.1. The van der Waals surface area contributed by atoms with E-state index in [1.165, 1.54) is 4.88 Å². The number of hydrogen-bond acceptors (Lipinski definition) is 5. The predicted octanol–water partition coefficient (Wildman–Crippen LogP) is 2.89. The van der Waals surface area contributed by atoms with Crippen molar-refractivity contribution in [2.75, 3.05) is 25.1 Å². The van der Waals surface area contributed by atoms with Gasteiger partial charge in [-0.25, -0.2) is 4.98 Å². The third-order valence-electron chi connectivity index (χ3n) is 3.70. The van der Waals surface area contributed by atoms with E-state index in [1.54, 1.807) is 11.3 Å². The topological polar surface area (TPSA) is 81.8 Å². The number of rotatable bonds is 4. The first-order valence-corrected chi connectivity index (χ1v) is 8.83. The summed E-state index contributed by atoms with van der Waals surface area (Å²) >= 11 is 1.72. The molecule has 1 aromatic carbocycles. The molecule has 2 heterocycles. The highest BCUT2D eigenvalue weighted by Gasteiger charge is 2.11. The van der Waals surface area contributed by atoms with Crippen molar-refractivity contribution >= 4 is 23.0 Å². The van der Waals surface area contributed by atoms with Gasteiger partial charge in [0.05, 0.1) is 23.9 Å². The summed E-state index contributed by atoms with van der Waals surface area (Å²) in [6, 6.07) is 5.68. The number of ether oxygens (including phenoxy) is 2. The molecule has 3 N–H and O–H groups in total. The Bertz CT molecular complexity index is 723. The number of nitrogens with two attached hydrogens (primary N) is 1. The fourth-order valence-corrected chi connectivity index (χ4v) is 3.27. The van der Waals surface area contributed by atoms with Crippen LogP contribution in [0.1, 0.15) is 22.0 Å². The first-order chi connectivity index (χ1) is 11.6. The summed E-state index contributed by atoms with van der Waals surface area (Å²) in [6.45, 7) is 6.06. The maximum absolute atomic E-state index is 5.96. The minimum absolute atomic E-state index is 0.384. The zero-order valence-corrected chi connectivity index (χ0v) is 14.8. The van der Waals surface area contributed by atoms with Crippen molar-refractivity contribution in [3.8, 4) is 11.5 Å². The van der Waals surface area contributed by atoms with Gasteiger partial charge in [0.2, 0.25) is 0 Å². The standard InChI is InChI=1S/C17H22N4O2S/c1-11-12(2)24-16(20-11)6-7-19-17(18)21-13-4-5-14-15(10-13)23-9-3-8-22-14/h4-5,10H,3,6-9H2,1-2H3,(H3,18,19,21). The second-order valence-electron chi connectivity index (χ2n) is 5.60. The molecule has 0 spiro atoms. The van der Waals surface area contributed by atoms with Crippen molar-refractivity contribution in [3.05, 3.63) is 33.8 Å². The molecule has 2 aromatic rings. The number of aromatic nitrogens is 1. The lowest BCUT2D eigenvalue weighted by Gasteiger charge is -2.10. The Hall–Kier alpha value is -2.28. The molecule has 24 heavy (non-hydrogen) atoms. The van der Waals surface area contributed by atoms with Crippen LogP contribution in [0.3, 0.4) is 0 Å². The van der Waals surface area contributed by atoms with Gasteiger partial charge in [0, 0.05) is 36.0 Å². The largest absolute Gasteiger partial charge is 0.490 e. The van der Waals surface area contributed by atoms with Crippen LogP contribution >= 0.6 is 11.3 Å². The molecule has 0 amide bonds. The zero-order chi connectivity index (χ0) is 16.9. The van der Waals surface area contributed by atoms with Gasteiger partial charge in [0.1, 0.15) is 0 Å². The van der Waals surface area contributed by atoms with E-state index in [9.17, 15) is 0 Å². The lowest BCUT2D eigenvalue weighted by atomic mass is 10.3. The van der Waals surface area contributed by atoms with Crippen LogP contribution in [-0.4, -0.2) is 30.7 Å². The number of aliphatic imine (C=N–C) groups is 1. The van der Waals surface area contributed by atoms with Gasteiger partial charge in [-0.05, 0) is 26.0 Å². The minimum Gasteiger partial charge on any atom is -0.490 e. The lowest BCUT2D eigenvalue weighted by Crippen LogP contribution is -2.23. The van der Waals surface area contributed by atoms with Crippen LogP contribution in [0.2, 0.25) is 0 Å². The summed E-state index contributed by atoms with van der Waals surface area (Å²) in [5.74, 6) is 1.89. The SMILES string of the molecule is Cc1nc(CCN=C(N)Nc2ccc3c(c2)OCCCO3)sc1C. The number of aryl methyl sites for hydroxylation is 2. The summed E-state index contributed by atoms with van der Waals surface area (Å²) in [6.07, 6.45) is 1.68. The Kier molecular flexibility index (Phi) is 5.20. The molecular weight excluding hydrogens is 324 g/mol. The minimum atomic E-state index is 0.384. The maximum atomic E-state index is 5.96. The van der Waals surface area contributed by atoms with E-state index in [2.05, 4.69) is 22.2 Å². The van der Waals surface area contributed by atoms with Gasteiger partial charge in [0.25, 0.3) is 0 Å². The van der Waals surface area contributed by atoms with Gasteiger partial charge in [-0.2, -0.15) is 0 Å². The fourth-order valence-electron chi connectivity index (χ4n) is 2.35. The lowest BCUT2D eigenvalue weighted by molar-refractivity contribution is 0.297. The Balaban J connectivity index is 1.57. The van der Waals surface area contributed by atoms with E-state index in [-0.39, 0.29) is 0 Å². The van der Waals surface area contributed by atoms with Gasteiger partial charge in [-0.1, -0.05) is 0 Å². The van der Waals surface area contributed by atoms with Crippen molar-refractivity contribution in [1.29, 1.82) is 0 Å². The third kappa shape index (κ3) is 4.17. The third-order valence-corrected chi connectivity index (χ3v) is 4.83. The van der Waals surface area contributed by atoms with Crippen LogP contribution in [0.15, 0.2) is 23.2 Å². The summed E-state index contributed by atoms with van der Waals surface area (Å²) in [5, 5.41) is 4.19. The monoisotopic (exact) mass is 346 g/mol. The molecule has 1 aliphatic heterocycles. The Morgan fingerprint density at radius 2 is 2.08 bits per heavy atom. The Labute approximate surface area is 145 Å². The highest BCUT2D eigenvalue weighted by Crippen LogP contribution is 2.32. The number of anilines is 1. The normalized spacial score (nSPS) is 14.3. The molecule has 0 radical (unpaired) electrons. The second-order valence-corrected chi connectivity index (χ2v) is 6.89. The molecule has 128 valence electrons. The molecule has 0 unspecified atom stereocenters. The van der Waals surface area contributed by atoms with Crippen molar-refractivity contribution in [2.24, 2.45) is 10.7 Å². The number of thiazole rings is 1. The van der Waals surface area contributed by atoms with Crippen LogP contribution < -0.4 is 20.5 Å². The van der Waals surface area contributed by atoms with Crippen molar-refractivity contribution < 1.29 is 9.47 Å². The zero-order valence-electron chi connectivity index (χ0n) is 14.0. The molecule has 0 aliphatic carbocycles. The molecule has 0 fully saturated rings. The first kappa shape index (κ1) is 16.6. The summed E-state index contributed by atoms with van der Waals surface area (Å²) in [7, 11) is 0. The molecule has 0 saturated carbocycles. The van der Waals surface area contributed by atoms with Crippen LogP contribution in [0, 0.1) is 13.8 Å². The number of hydrogen-bond donors (Lipinski definition) is 2. The maximum Gasteiger partial charge on any atom is 0.193 e. The molecule has 7 heteroatoms. The number of benzene rings is 1. The molecule has 1 aliphatic rings. The molecule has 0 bridgehead atoms. The second kappa shape index (κ2) is 7.53. The van der Waals surface area contributed by atoms with E-state index in [0.29, 0.717) is 25.7 Å². The van der Waals surface area contributed by atoms with Crippen LogP contribution in [0.5, 0.6) is 11.5 Å². The fraction of sp³-hybridized carbons (Fsp3) is 0.412. The average molecular weight is 346 g/mol. The van der Waals surface area contributed by atoms with Gasteiger partial charge in [-0.15, -0.1) is 11.3 Å². The van der Waals surface area contributed by atoms with Crippen molar-refractivity contribution in [1.82, 2.24) is 4.98 Å². The van der Waals surface area contributed by atoms with E-state index < -0.39 is 0 Å². The molecule has 3 rings (SSSR count). The predicted molar refractivity (Wildman–Crippen MR) is 97.5 cm³/mol. The number of fused-ring (bicyclic) bond motifs is 1. The van der Waals surface area contributed by atoms with Crippen molar-refractivity contribution in [3.63, 3.8) is 0 Å². The molecule has 1 aromatic heterocycles. The number of nitrogens with zero attached hydrogens (tertiary/aromatic N) is 2. The molecule has 0 saturated heterocycles. The van der Waals surface area contributed by atoms with Crippen LogP contribution in [0.25, 0.3) is 0 Å². The molecule has 6 nitrogen and oxygen atoms in total. The van der Waals surface area contributed by atoms with Gasteiger partial charge < -0.3 is 20.5 Å². The van der Waals surface area contributed by atoms with Gasteiger partial charge in [-0.3, -0.25) is 4.99 Å². The van der Waals surface area contributed by atoms with Crippen molar-refractivity contribution in [2.45, 2.75) is 26.7 Å². The summed E-state index contributed by atoms with van der Waals surface area (Å²) < 4.78 is 11.3. The Morgan fingerprint density at radius 3 is 2.83 bits per heavy atom. The highest BCUT2D eigenvalue weighted by molar-refractivity contribution is 7.11. The van der Waals surface area contributed by atoms with Crippen LogP contribution in [0.4, 0.5) is 5.69 Å². The first-order valence-electron chi connectivity index (χ1n) is 8.01.